The van der Waals surface area contributed by atoms with Gasteiger partial charge >= 0.3 is 12.0 Å². The topological polar surface area (TPSA) is 120 Å². The molecule has 0 saturated carbocycles. The lowest BCUT2D eigenvalue weighted by Gasteiger charge is -2.21. The van der Waals surface area contributed by atoms with Crippen molar-refractivity contribution < 1.29 is 14.3 Å². The van der Waals surface area contributed by atoms with Gasteiger partial charge in [0.2, 0.25) is 0 Å². The molecule has 0 aliphatic carbocycles. The number of carbonyl (C=O) groups excluding carboxylic acids is 2. The molecular formula is C9H18N4O3. The molecule has 0 fully saturated rings. The minimum Gasteiger partial charge on any atom is -0.459 e. The Labute approximate surface area is 94.2 Å². The Kier molecular flexibility index (Phi) is 5.44. The minimum atomic E-state index is -0.808. The molecule has 0 saturated heterocycles. The number of urea groups is 1. The highest BCUT2D eigenvalue weighted by atomic mass is 16.6. The van der Waals surface area contributed by atoms with E-state index < -0.39 is 23.6 Å². The first-order valence-corrected chi connectivity index (χ1v) is 4.78. The van der Waals surface area contributed by atoms with Crippen LogP contribution in [-0.4, -0.2) is 29.9 Å². The Balaban J connectivity index is 3.97. The molecule has 0 aromatic carbocycles. The average Bonchev–Trinajstić information content (AvgIpc) is 2.08. The number of ether oxygens (including phenoxy) is 1. The number of hydrazone groups is 1. The third-order valence-corrected chi connectivity index (χ3v) is 1.33. The Morgan fingerprint density at radius 1 is 1.50 bits per heavy atom. The van der Waals surface area contributed by atoms with Crippen molar-refractivity contribution in [3.63, 3.8) is 0 Å². The van der Waals surface area contributed by atoms with Crippen molar-refractivity contribution in [2.75, 3.05) is 0 Å². The van der Waals surface area contributed by atoms with Crippen LogP contribution in [0.5, 0.6) is 0 Å². The van der Waals surface area contributed by atoms with E-state index in [1.165, 1.54) is 6.21 Å². The molecule has 2 amide bonds. The Hall–Kier alpha value is -1.63. The van der Waals surface area contributed by atoms with Crippen molar-refractivity contribution in [2.24, 2.45) is 16.6 Å². The van der Waals surface area contributed by atoms with Crippen LogP contribution in [0.1, 0.15) is 27.2 Å². The zero-order chi connectivity index (χ0) is 12.8. The minimum absolute atomic E-state index is 0.162. The predicted molar refractivity (Wildman–Crippen MR) is 59.6 cm³/mol. The zero-order valence-corrected chi connectivity index (χ0v) is 9.69. The highest BCUT2D eigenvalue weighted by Gasteiger charge is 2.21. The lowest BCUT2D eigenvalue weighted by molar-refractivity contribution is -0.156. The molecule has 0 spiro atoms. The van der Waals surface area contributed by atoms with Crippen molar-refractivity contribution in [1.29, 1.82) is 0 Å². The van der Waals surface area contributed by atoms with E-state index in [9.17, 15) is 9.59 Å². The van der Waals surface area contributed by atoms with Crippen molar-refractivity contribution >= 4 is 18.2 Å². The zero-order valence-electron chi connectivity index (χ0n) is 9.69. The molecule has 0 aliphatic heterocycles. The monoisotopic (exact) mass is 230 g/mol. The van der Waals surface area contributed by atoms with Crippen LogP contribution in [0, 0.1) is 0 Å². The van der Waals surface area contributed by atoms with Crippen LogP contribution < -0.4 is 16.9 Å². The first kappa shape index (κ1) is 14.4. The van der Waals surface area contributed by atoms with Gasteiger partial charge in [0.15, 0.2) is 0 Å². The second kappa shape index (κ2) is 6.06. The van der Waals surface area contributed by atoms with E-state index in [-0.39, 0.29) is 6.42 Å². The first-order chi connectivity index (χ1) is 7.22. The van der Waals surface area contributed by atoms with E-state index in [1.807, 2.05) is 5.43 Å². The number of hydrogen-bond acceptors (Lipinski definition) is 5. The number of esters is 1. The molecule has 0 aromatic rings. The molecule has 1 atom stereocenters. The lowest BCUT2D eigenvalue weighted by Crippen LogP contribution is -2.37. The summed E-state index contributed by atoms with van der Waals surface area (Å²) in [6, 6.07) is -1.58. The van der Waals surface area contributed by atoms with Crippen LogP contribution in [0.3, 0.4) is 0 Å². The number of nitrogens with two attached hydrogens (primary N) is 2. The molecule has 92 valence electrons. The SMILES string of the molecule is CC(C)(C)OC(=O)C(N)CC=NNC(N)=O. The largest absolute Gasteiger partial charge is 0.459 e. The average molecular weight is 230 g/mol. The third-order valence-electron chi connectivity index (χ3n) is 1.33. The van der Waals surface area contributed by atoms with Gasteiger partial charge in [0, 0.05) is 12.6 Å². The summed E-state index contributed by atoms with van der Waals surface area (Å²) in [7, 11) is 0. The summed E-state index contributed by atoms with van der Waals surface area (Å²) in [6.45, 7) is 5.25. The smallest absolute Gasteiger partial charge is 0.332 e. The standard InChI is InChI=1S/C9H18N4O3/c1-9(2,3)16-7(14)6(10)4-5-12-13-8(11)15/h5-6H,4,10H2,1-3H3,(H3,11,13,15). The Morgan fingerprint density at radius 3 is 2.50 bits per heavy atom. The number of nitrogens with one attached hydrogen (secondary N) is 1. The summed E-state index contributed by atoms with van der Waals surface area (Å²) in [5, 5.41) is 3.45. The molecule has 5 N–H and O–H groups in total. The third kappa shape index (κ3) is 7.74. The molecular weight excluding hydrogens is 212 g/mol. The molecule has 7 nitrogen and oxygen atoms in total. The lowest BCUT2D eigenvalue weighted by atomic mass is 10.2. The molecule has 0 rings (SSSR count). The van der Waals surface area contributed by atoms with Gasteiger partial charge in [-0.15, -0.1) is 0 Å². The van der Waals surface area contributed by atoms with E-state index in [1.54, 1.807) is 20.8 Å². The summed E-state index contributed by atoms with van der Waals surface area (Å²) in [5.41, 5.74) is 11.7. The van der Waals surface area contributed by atoms with Gasteiger partial charge in [-0.25, -0.2) is 10.2 Å². The Bertz CT molecular complexity index is 283. The second-order valence-corrected chi connectivity index (χ2v) is 4.16. The van der Waals surface area contributed by atoms with E-state index >= 15 is 0 Å². The number of amides is 2. The maximum atomic E-state index is 11.4. The summed E-state index contributed by atoms with van der Waals surface area (Å²) in [6.07, 6.45) is 1.45. The van der Waals surface area contributed by atoms with Gasteiger partial charge in [0.25, 0.3) is 0 Å². The van der Waals surface area contributed by atoms with Crippen molar-refractivity contribution in [3.05, 3.63) is 0 Å². The fourth-order valence-corrected chi connectivity index (χ4v) is 0.749. The molecule has 0 aliphatic rings. The number of hydrogen-bond donors (Lipinski definition) is 3. The van der Waals surface area contributed by atoms with Crippen molar-refractivity contribution in [3.8, 4) is 0 Å². The number of carbonyl (C=O) groups is 2. The number of primary amides is 1. The molecule has 16 heavy (non-hydrogen) atoms. The maximum Gasteiger partial charge on any atom is 0.332 e. The summed E-state index contributed by atoms with van der Waals surface area (Å²) in [4.78, 5) is 21.6. The molecule has 7 heteroatoms. The van der Waals surface area contributed by atoms with Crippen LogP contribution in [0.15, 0.2) is 5.10 Å². The summed E-state index contributed by atoms with van der Waals surface area (Å²) >= 11 is 0. The molecule has 0 radical (unpaired) electrons. The molecule has 0 bridgehead atoms. The number of nitrogens with zero attached hydrogens (tertiary/aromatic N) is 1. The van der Waals surface area contributed by atoms with Gasteiger partial charge in [-0.2, -0.15) is 5.10 Å². The molecule has 0 heterocycles. The van der Waals surface area contributed by atoms with Gasteiger partial charge in [-0.3, -0.25) is 4.79 Å². The van der Waals surface area contributed by atoms with Gasteiger partial charge in [-0.05, 0) is 20.8 Å². The highest BCUT2D eigenvalue weighted by molar-refractivity contribution is 5.80. The van der Waals surface area contributed by atoms with E-state index in [2.05, 4.69) is 5.10 Å². The summed E-state index contributed by atoms with van der Waals surface area (Å²) in [5.74, 6) is -0.516. The van der Waals surface area contributed by atoms with Gasteiger partial charge < -0.3 is 16.2 Å². The van der Waals surface area contributed by atoms with E-state index in [0.29, 0.717) is 0 Å². The van der Waals surface area contributed by atoms with Crippen LogP contribution in [0.4, 0.5) is 4.79 Å². The van der Waals surface area contributed by atoms with Crippen LogP contribution in [0.2, 0.25) is 0 Å². The predicted octanol–water partition coefficient (Wildman–Crippen LogP) is -0.300. The van der Waals surface area contributed by atoms with E-state index in [0.717, 1.165) is 0 Å². The molecule has 1 unspecified atom stereocenters. The van der Waals surface area contributed by atoms with E-state index in [4.69, 9.17) is 16.2 Å². The highest BCUT2D eigenvalue weighted by Crippen LogP contribution is 2.08. The van der Waals surface area contributed by atoms with Gasteiger partial charge in [0.1, 0.15) is 11.6 Å². The quantitative estimate of drug-likeness (QED) is 0.349. The fourth-order valence-electron chi connectivity index (χ4n) is 0.749. The maximum absolute atomic E-state index is 11.4. The molecule has 0 aromatic heterocycles. The van der Waals surface area contributed by atoms with Crippen molar-refractivity contribution in [2.45, 2.75) is 38.8 Å². The Morgan fingerprint density at radius 2 is 2.06 bits per heavy atom. The number of rotatable bonds is 4. The van der Waals surface area contributed by atoms with Crippen LogP contribution >= 0.6 is 0 Å². The van der Waals surface area contributed by atoms with Crippen molar-refractivity contribution in [1.82, 2.24) is 5.43 Å². The van der Waals surface area contributed by atoms with Crippen LogP contribution in [-0.2, 0) is 9.53 Å². The fraction of sp³-hybridized carbons (Fsp3) is 0.667. The van der Waals surface area contributed by atoms with Gasteiger partial charge in [-0.1, -0.05) is 0 Å². The first-order valence-electron chi connectivity index (χ1n) is 4.78. The normalized spacial score (nSPS) is 13.5. The van der Waals surface area contributed by atoms with Crippen LogP contribution in [0.25, 0.3) is 0 Å². The van der Waals surface area contributed by atoms with Gasteiger partial charge in [0.05, 0.1) is 0 Å². The second-order valence-electron chi connectivity index (χ2n) is 4.16. The summed E-state index contributed by atoms with van der Waals surface area (Å²) < 4.78 is 5.04.